The molecule has 1 aromatic carbocycles. The van der Waals surface area contributed by atoms with Crippen molar-refractivity contribution in [2.24, 2.45) is 0 Å². The van der Waals surface area contributed by atoms with E-state index in [4.69, 9.17) is 0 Å². The molecule has 0 spiro atoms. The van der Waals surface area contributed by atoms with Gasteiger partial charge in [0, 0.05) is 44.0 Å². The first-order valence-corrected chi connectivity index (χ1v) is 7.80. The maximum absolute atomic E-state index is 3.37. The van der Waals surface area contributed by atoms with Gasteiger partial charge in [-0.2, -0.15) is 0 Å². The number of benzene rings is 1. The summed E-state index contributed by atoms with van der Waals surface area (Å²) in [4.78, 5) is 5.07. The van der Waals surface area contributed by atoms with Crippen molar-refractivity contribution in [1.29, 1.82) is 0 Å². The minimum absolute atomic E-state index is 0.293. The molecule has 20 heavy (non-hydrogen) atoms. The van der Waals surface area contributed by atoms with Crippen molar-refractivity contribution < 1.29 is 0 Å². The van der Waals surface area contributed by atoms with Gasteiger partial charge in [0.2, 0.25) is 0 Å². The maximum Gasteiger partial charge on any atom is 0.0367 e. The lowest BCUT2D eigenvalue weighted by atomic mass is 10.0. The van der Waals surface area contributed by atoms with Crippen molar-refractivity contribution in [1.82, 2.24) is 10.2 Å². The van der Waals surface area contributed by atoms with E-state index >= 15 is 0 Å². The first kappa shape index (κ1) is 15.3. The Kier molecular flexibility index (Phi) is 5.06. The van der Waals surface area contributed by atoms with Crippen molar-refractivity contribution in [2.45, 2.75) is 39.8 Å². The molecule has 1 aliphatic rings. The van der Waals surface area contributed by atoms with Gasteiger partial charge in [0.25, 0.3) is 0 Å². The summed E-state index contributed by atoms with van der Waals surface area (Å²) in [5.41, 5.74) is 3.02. The van der Waals surface area contributed by atoms with Crippen molar-refractivity contribution in [3.8, 4) is 0 Å². The Morgan fingerprint density at radius 2 is 1.60 bits per heavy atom. The lowest BCUT2D eigenvalue weighted by molar-refractivity contribution is 0.128. The number of anilines is 1. The van der Waals surface area contributed by atoms with Gasteiger partial charge in [-0.15, -0.1) is 0 Å². The van der Waals surface area contributed by atoms with E-state index in [0.717, 1.165) is 39.3 Å². The van der Waals surface area contributed by atoms with Crippen molar-refractivity contribution in [2.75, 3.05) is 37.6 Å². The summed E-state index contributed by atoms with van der Waals surface area (Å²) in [7, 11) is 0. The molecule has 1 fully saturated rings. The third kappa shape index (κ3) is 3.97. The van der Waals surface area contributed by atoms with Crippen LogP contribution in [0.25, 0.3) is 0 Å². The zero-order valence-electron chi connectivity index (χ0n) is 13.4. The monoisotopic (exact) mass is 275 g/mol. The predicted molar refractivity (Wildman–Crippen MR) is 87.4 cm³/mol. The molecule has 0 atom stereocenters. The molecule has 0 bridgehead atoms. The van der Waals surface area contributed by atoms with Crippen LogP contribution < -0.4 is 10.2 Å². The lowest BCUT2D eigenvalue weighted by Gasteiger charge is -2.43. The van der Waals surface area contributed by atoms with Crippen molar-refractivity contribution in [3.63, 3.8) is 0 Å². The summed E-state index contributed by atoms with van der Waals surface area (Å²) >= 11 is 0. The summed E-state index contributed by atoms with van der Waals surface area (Å²) in [5, 5.41) is 3.37. The molecule has 3 nitrogen and oxygen atoms in total. The molecule has 3 heteroatoms. The van der Waals surface area contributed by atoms with Gasteiger partial charge < -0.3 is 10.2 Å². The number of nitrogens with one attached hydrogen (secondary N) is 1. The summed E-state index contributed by atoms with van der Waals surface area (Å²) in [6.45, 7) is 15.6. The number of hydrogen-bond acceptors (Lipinski definition) is 3. The first-order valence-electron chi connectivity index (χ1n) is 7.80. The average molecular weight is 275 g/mol. The normalized spacial score (nSPS) is 17.5. The Morgan fingerprint density at radius 1 is 1.00 bits per heavy atom. The second-order valence-electron chi connectivity index (χ2n) is 6.59. The van der Waals surface area contributed by atoms with E-state index in [1.54, 1.807) is 0 Å². The fraction of sp³-hybridized carbons (Fsp3) is 0.647. The highest BCUT2D eigenvalue weighted by Crippen LogP contribution is 2.21. The highest BCUT2D eigenvalue weighted by atomic mass is 15.3. The largest absolute Gasteiger partial charge is 0.369 e. The van der Waals surface area contributed by atoms with Crippen LogP contribution >= 0.6 is 0 Å². The quantitative estimate of drug-likeness (QED) is 0.911. The first-order chi connectivity index (χ1) is 9.50. The minimum Gasteiger partial charge on any atom is -0.369 e. The zero-order valence-corrected chi connectivity index (χ0v) is 13.4. The van der Waals surface area contributed by atoms with Gasteiger partial charge >= 0.3 is 0 Å². The molecular weight excluding hydrogens is 246 g/mol. The smallest absolute Gasteiger partial charge is 0.0367 e. The molecule has 1 heterocycles. The molecule has 0 radical (unpaired) electrons. The van der Waals surface area contributed by atoms with Gasteiger partial charge in [-0.1, -0.05) is 19.1 Å². The zero-order chi connectivity index (χ0) is 14.6. The molecule has 112 valence electrons. The van der Waals surface area contributed by atoms with E-state index in [2.05, 4.69) is 67.1 Å². The molecule has 2 rings (SSSR count). The van der Waals surface area contributed by atoms with Gasteiger partial charge in [0.05, 0.1) is 0 Å². The Hall–Kier alpha value is -1.06. The lowest BCUT2D eigenvalue weighted by Crippen LogP contribution is -2.53. The predicted octanol–water partition coefficient (Wildman–Crippen LogP) is 2.72. The topological polar surface area (TPSA) is 18.5 Å². The van der Waals surface area contributed by atoms with Crippen LogP contribution in [0.3, 0.4) is 0 Å². The van der Waals surface area contributed by atoms with E-state index in [1.165, 1.54) is 11.3 Å². The minimum atomic E-state index is 0.293. The average Bonchev–Trinajstić information content (AvgIpc) is 2.45. The number of hydrogen-bond donors (Lipinski definition) is 1. The fourth-order valence-corrected chi connectivity index (χ4v) is 2.73. The van der Waals surface area contributed by atoms with Gasteiger partial charge in [-0.25, -0.2) is 0 Å². The van der Waals surface area contributed by atoms with Crippen LogP contribution in [0.1, 0.15) is 33.3 Å². The van der Waals surface area contributed by atoms with Crippen LogP contribution in [-0.2, 0) is 6.54 Å². The molecule has 0 aromatic heterocycles. The molecule has 1 saturated heterocycles. The van der Waals surface area contributed by atoms with E-state index in [9.17, 15) is 0 Å². The third-order valence-corrected chi connectivity index (χ3v) is 4.11. The highest BCUT2D eigenvalue weighted by molar-refractivity contribution is 5.48. The molecule has 0 saturated carbocycles. The molecule has 1 N–H and O–H groups in total. The van der Waals surface area contributed by atoms with E-state index in [1.807, 2.05) is 0 Å². The standard InChI is InChI=1S/C17H29N3/c1-5-18-14-15-6-8-16(9-7-15)19-10-12-20(13-11-19)17(2,3)4/h6-9,18H,5,10-14H2,1-4H3. The SMILES string of the molecule is CCNCc1ccc(N2CCN(C(C)(C)C)CC2)cc1. The Labute approximate surface area is 124 Å². The maximum atomic E-state index is 3.37. The molecule has 0 unspecified atom stereocenters. The van der Waals surface area contributed by atoms with Crippen LogP contribution in [0.2, 0.25) is 0 Å². The third-order valence-electron chi connectivity index (χ3n) is 4.11. The summed E-state index contributed by atoms with van der Waals surface area (Å²) in [6.07, 6.45) is 0. The second-order valence-corrected chi connectivity index (χ2v) is 6.59. The fourth-order valence-electron chi connectivity index (χ4n) is 2.73. The van der Waals surface area contributed by atoms with Gasteiger partial charge in [0.1, 0.15) is 0 Å². The van der Waals surface area contributed by atoms with Gasteiger partial charge in [0.15, 0.2) is 0 Å². The molecule has 0 aliphatic carbocycles. The summed E-state index contributed by atoms with van der Waals surface area (Å²) < 4.78 is 0. The van der Waals surface area contributed by atoms with E-state index < -0.39 is 0 Å². The van der Waals surface area contributed by atoms with Crippen LogP contribution in [-0.4, -0.2) is 43.2 Å². The van der Waals surface area contributed by atoms with E-state index in [-0.39, 0.29) is 0 Å². The van der Waals surface area contributed by atoms with Crippen molar-refractivity contribution in [3.05, 3.63) is 29.8 Å². The van der Waals surface area contributed by atoms with Crippen LogP contribution in [0.15, 0.2) is 24.3 Å². The summed E-state index contributed by atoms with van der Waals surface area (Å²) in [6, 6.07) is 9.01. The van der Waals surface area contributed by atoms with E-state index in [0.29, 0.717) is 5.54 Å². The molecule has 1 aliphatic heterocycles. The Bertz CT molecular complexity index is 397. The second kappa shape index (κ2) is 6.59. The van der Waals surface area contributed by atoms with Crippen LogP contribution in [0.4, 0.5) is 5.69 Å². The molecule has 1 aromatic rings. The number of nitrogens with zero attached hydrogens (tertiary/aromatic N) is 2. The molecule has 0 amide bonds. The highest BCUT2D eigenvalue weighted by Gasteiger charge is 2.25. The van der Waals surface area contributed by atoms with Crippen LogP contribution in [0.5, 0.6) is 0 Å². The Balaban J connectivity index is 1.90. The number of rotatable bonds is 4. The van der Waals surface area contributed by atoms with Crippen LogP contribution in [0, 0.1) is 0 Å². The van der Waals surface area contributed by atoms with Gasteiger partial charge in [-0.05, 0) is 45.0 Å². The van der Waals surface area contributed by atoms with Crippen molar-refractivity contribution >= 4 is 5.69 Å². The molecular formula is C17H29N3. The number of piperazine rings is 1. The Morgan fingerprint density at radius 3 is 2.10 bits per heavy atom. The van der Waals surface area contributed by atoms with Gasteiger partial charge in [-0.3, -0.25) is 4.90 Å². The summed E-state index contributed by atoms with van der Waals surface area (Å²) in [5.74, 6) is 0.